The predicted molar refractivity (Wildman–Crippen MR) is 77.4 cm³/mol. The van der Waals surface area contributed by atoms with Crippen LogP contribution in [0, 0.1) is 0 Å². The number of β-amino-alcohol motifs (C(OH)–C–C–N with tert-alkyl or cyclic N) is 1. The maximum absolute atomic E-state index is 12.6. The molecule has 0 bridgehead atoms. The van der Waals surface area contributed by atoms with Crippen molar-refractivity contribution in [3.63, 3.8) is 0 Å². The second kappa shape index (κ2) is 6.24. The van der Waals surface area contributed by atoms with Gasteiger partial charge in [-0.15, -0.1) is 0 Å². The zero-order valence-electron chi connectivity index (χ0n) is 12.2. The molecule has 1 amide bonds. The third-order valence-electron chi connectivity index (χ3n) is 3.62. The number of aliphatic hydroxyl groups excluding tert-OH is 1. The Bertz CT molecular complexity index is 544. The molecular weight excluding hydrogens is 272 g/mol. The van der Waals surface area contributed by atoms with Gasteiger partial charge in [0, 0.05) is 19.1 Å². The van der Waals surface area contributed by atoms with Gasteiger partial charge in [-0.2, -0.15) is 0 Å². The lowest BCUT2D eigenvalue weighted by atomic mass is 10.1. The highest BCUT2D eigenvalue weighted by Crippen LogP contribution is 2.22. The molecular formula is C15H20N2O4. The molecule has 21 heavy (non-hydrogen) atoms. The molecule has 6 nitrogen and oxygen atoms in total. The number of carboxylic acids is 1. The molecule has 0 radical (unpaired) electrons. The molecule has 1 saturated heterocycles. The maximum atomic E-state index is 12.6. The van der Waals surface area contributed by atoms with Crippen molar-refractivity contribution in [3.05, 3.63) is 35.4 Å². The van der Waals surface area contributed by atoms with E-state index >= 15 is 0 Å². The van der Waals surface area contributed by atoms with Crippen molar-refractivity contribution in [2.75, 3.05) is 27.2 Å². The number of rotatable bonds is 4. The molecule has 1 heterocycles. The van der Waals surface area contributed by atoms with Gasteiger partial charge in [0.25, 0.3) is 5.91 Å². The predicted octanol–water partition coefficient (Wildman–Crippen LogP) is 0.522. The van der Waals surface area contributed by atoms with Gasteiger partial charge >= 0.3 is 5.97 Å². The van der Waals surface area contributed by atoms with Crippen molar-refractivity contribution in [1.29, 1.82) is 0 Å². The number of likely N-dealkylation sites (tertiary alicyclic amines) is 1. The van der Waals surface area contributed by atoms with Crippen molar-refractivity contribution >= 4 is 11.9 Å². The Balaban J connectivity index is 2.28. The summed E-state index contributed by atoms with van der Waals surface area (Å²) in [6, 6.07) is 6.07. The number of aliphatic hydroxyl groups is 1. The molecule has 6 heteroatoms. The minimum absolute atomic E-state index is 0.00695. The SMILES string of the molecule is CN(C)CC1CC(O)CN1C(=O)c1ccccc1C(=O)O. The highest BCUT2D eigenvalue weighted by Gasteiger charge is 2.35. The van der Waals surface area contributed by atoms with Crippen molar-refractivity contribution < 1.29 is 19.8 Å². The van der Waals surface area contributed by atoms with Crippen LogP contribution >= 0.6 is 0 Å². The summed E-state index contributed by atoms with van der Waals surface area (Å²) in [7, 11) is 3.80. The Morgan fingerprint density at radius 1 is 1.29 bits per heavy atom. The fourth-order valence-corrected chi connectivity index (χ4v) is 2.75. The van der Waals surface area contributed by atoms with E-state index in [1.54, 1.807) is 17.0 Å². The molecule has 1 aromatic rings. The van der Waals surface area contributed by atoms with E-state index in [4.69, 9.17) is 0 Å². The summed E-state index contributed by atoms with van der Waals surface area (Å²) < 4.78 is 0. The van der Waals surface area contributed by atoms with Crippen molar-refractivity contribution in [2.45, 2.75) is 18.6 Å². The van der Waals surface area contributed by atoms with Crippen LogP contribution in [0.2, 0.25) is 0 Å². The summed E-state index contributed by atoms with van der Waals surface area (Å²) in [6.07, 6.45) is -0.0463. The molecule has 1 aromatic carbocycles. The number of likely N-dealkylation sites (N-methyl/N-ethyl adjacent to an activating group) is 1. The average Bonchev–Trinajstić information content (AvgIpc) is 2.77. The molecule has 0 spiro atoms. The molecule has 114 valence electrons. The van der Waals surface area contributed by atoms with Gasteiger partial charge in [0.2, 0.25) is 0 Å². The second-order valence-electron chi connectivity index (χ2n) is 5.61. The molecule has 0 aliphatic carbocycles. The first-order valence-corrected chi connectivity index (χ1v) is 6.86. The number of carbonyl (C=O) groups is 2. The van der Waals surface area contributed by atoms with Crippen LogP contribution in [0.1, 0.15) is 27.1 Å². The normalized spacial score (nSPS) is 21.8. The summed E-state index contributed by atoms with van der Waals surface area (Å²) in [4.78, 5) is 27.4. The van der Waals surface area contributed by atoms with Crippen molar-refractivity contribution in [2.24, 2.45) is 0 Å². The van der Waals surface area contributed by atoms with Crippen LogP contribution in [0.5, 0.6) is 0 Å². The quantitative estimate of drug-likeness (QED) is 0.845. The summed E-state index contributed by atoms with van der Waals surface area (Å²) >= 11 is 0. The molecule has 0 aromatic heterocycles. The fourth-order valence-electron chi connectivity index (χ4n) is 2.75. The number of benzene rings is 1. The van der Waals surface area contributed by atoms with E-state index in [1.165, 1.54) is 12.1 Å². The molecule has 2 atom stereocenters. The second-order valence-corrected chi connectivity index (χ2v) is 5.61. The van der Waals surface area contributed by atoms with E-state index in [2.05, 4.69) is 0 Å². The van der Waals surface area contributed by atoms with Crippen molar-refractivity contribution in [1.82, 2.24) is 9.80 Å². The van der Waals surface area contributed by atoms with Gasteiger partial charge in [-0.3, -0.25) is 4.79 Å². The van der Waals surface area contributed by atoms with E-state index < -0.39 is 12.1 Å². The Morgan fingerprint density at radius 2 is 1.90 bits per heavy atom. The monoisotopic (exact) mass is 292 g/mol. The first-order valence-electron chi connectivity index (χ1n) is 6.86. The maximum Gasteiger partial charge on any atom is 0.336 e. The van der Waals surface area contributed by atoms with Crippen LogP contribution in [0.15, 0.2) is 24.3 Å². The third-order valence-corrected chi connectivity index (χ3v) is 3.62. The van der Waals surface area contributed by atoms with Crippen molar-refractivity contribution in [3.8, 4) is 0 Å². The Labute approximate surface area is 123 Å². The zero-order valence-corrected chi connectivity index (χ0v) is 12.2. The average molecular weight is 292 g/mol. The summed E-state index contributed by atoms with van der Waals surface area (Å²) in [5, 5.41) is 19.0. The lowest BCUT2D eigenvalue weighted by Crippen LogP contribution is -2.41. The van der Waals surface area contributed by atoms with Crippen LogP contribution in [0.3, 0.4) is 0 Å². The van der Waals surface area contributed by atoms with Crippen LogP contribution in [0.4, 0.5) is 0 Å². The van der Waals surface area contributed by atoms with Crippen LogP contribution < -0.4 is 0 Å². The topological polar surface area (TPSA) is 81.1 Å². The smallest absolute Gasteiger partial charge is 0.336 e. The van der Waals surface area contributed by atoms with E-state index in [0.717, 1.165) is 0 Å². The standard InChI is InChI=1S/C15H20N2O4/c1-16(2)8-10-7-11(18)9-17(10)14(19)12-5-3-4-6-13(12)15(20)21/h3-6,10-11,18H,7-9H2,1-2H3,(H,20,21). The number of hydrogen-bond donors (Lipinski definition) is 2. The molecule has 1 aliphatic heterocycles. The van der Waals surface area contributed by atoms with E-state index in [1.807, 2.05) is 19.0 Å². The Kier molecular flexibility index (Phi) is 4.59. The van der Waals surface area contributed by atoms with Gasteiger partial charge < -0.3 is 20.0 Å². The number of carboxylic acid groups (broad SMARTS) is 1. The molecule has 2 N–H and O–H groups in total. The van der Waals surface area contributed by atoms with Crippen LogP contribution in [0.25, 0.3) is 0 Å². The first-order chi connectivity index (χ1) is 9.90. The zero-order chi connectivity index (χ0) is 15.6. The fraction of sp³-hybridized carbons (Fsp3) is 0.467. The molecule has 1 aliphatic rings. The molecule has 0 saturated carbocycles. The van der Waals surface area contributed by atoms with Gasteiger partial charge in [-0.05, 0) is 32.6 Å². The minimum Gasteiger partial charge on any atom is -0.478 e. The van der Waals surface area contributed by atoms with Gasteiger partial charge in [-0.25, -0.2) is 4.79 Å². The lowest BCUT2D eigenvalue weighted by Gasteiger charge is -2.27. The highest BCUT2D eigenvalue weighted by atomic mass is 16.4. The first kappa shape index (κ1) is 15.5. The van der Waals surface area contributed by atoms with E-state index in [0.29, 0.717) is 13.0 Å². The van der Waals surface area contributed by atoms with Gasteiger partial charge in [0.05, 0.1) is 17.2 Å². The molecule has 1 fully saturated rings. The number of carbonyl (C=O) groups excluding carboxylic acids is 1. The number of hydrogen-bond acceptors (Lipinski definition) is 4. The lowest BCUT2D eigenvalue weighted by molar-refractivity contribution is 0.0656. The number of aromatic carboxylic acids is 1. The summed E-state index contributed by atoms with van der Waals surface area (Å²) in [5.41, 5.74) is 0.162. The number of amides is 1. The Morgan fingerprint density at radius 3 is 2.48 bits per heavy atom. The largest absolute Gasteiger partial charge is 0.478 e. The highest BCUT2D eigenvalue weighted by molar-refractivity contribution is 6.05. The van der Waals surface area contributed by atoms with Crippen LogP contribution in [-0.2, 0) is 0 Å². The summed E-state index contributed by atoms with van der Waals surface area (Å²) in [6.45, 7) is 0.878. The van der Waals surface area contributed by atoms with Gasteiger partial charge in [0.15, 0.2) is 0 Å². The number of nitrogens with zero attached hydrogens (tertiary/aromatic N) is 2. The van der Waals surface area contributed by atoms with Gasteiger partial charge in [-0.1, -0.05) is 12.1 Å². The molecule has 2 unspecified atom stereocenters. The van der Waals surface area contributed by atoms with Crippen LogP contribution in [-0.4, -0.2) is 71.2 Å². The van der Waals surface area contributed by atoms with E-state index in [-0.39, 0.29) is 29.6 Å². The Hall–Kier alpha value is -1.92. The third kappa shape index (κ3) is 3.40. The van der Waals surface area contributed by atoms with Gasteiger partial charge in [0.1, 0.15) is 0 Å². The minimum atomic E-state index is -1.12. The molecule has 2 rings (SSSR count). The summed E-state index contributed by atoms with van der Waals surface area (Å²) in [5.74, 6) is -1.46. The van der Waals surface area contributed by atoms with E-state index in [9.17, 15) is 19.8 Å².